The van der Waals surface area contributed by atoms with Gasteiger partial charge in [-0.1, -0.05) is 44.2 Å². The zero-order valence-corrected chi connectivity index (χ0v) is 13.1. The van der Waals surface area contributed by atoms with Crippen molar-refractivity contribution >= 4 is 0 Å². The summed E-state index contributed by atoms with van der Waals surface area (Å²) in [5, 5.41) is 10.8. The van der Waals surface area contributed by atoms with Crippen LogP contribution in [0.4, 0.5) is 0 Å². The monoisotopic (exact) mass is 282 g/mol. The summed E-state index contributed by atoms with van der Waals surface area (Å²) in [5.41, 5.74) is 1.98. The highest BCUT2D eigenvalue weighted by Gasteiger charge is 2.61. The second-order valence-electron chi connectivity index (χ2n) is 8.79. The van der Waals surface area contributed by atoms with E-state index in [-0.39, 0.29) is 16.9 Å². The van der Waals surface area contributed by atoms with Crippen LogP contribution in [0.1, 0.15) is 39.5 Å². The van der Waals surface area contributed by atoms with Gasteiger partial charge in [-0.05, 0) is 66.3 Å². The van der Waals surface area contributed by atoms with Gasteiger partial charge < -0.3 is 5.11 Å². The molecule has 0 aromatic heterocycles. The predicted molar refractivity (Wildman–Crippen MR) is 84.5 cm³/mol. The van der Waals surface area contributed by atoms with Gasteiger partial charge in [0.05, 0.1) is 6.10 Å². The molecule has 2 unspecified atom stereocenters. The molecule has 8 atom stereocenters. The third-order valence-corrected chi connectivity index (χ3v) is 7.98. The summed E-state index contributed by atoms with van der Waals surface area (Å²) in [7, 11) is 0. The Balaban J connectivity index is 1.74. The number of hydrogen-bond acceptors (Lipinski definition) is 1. The summed E-state index contributed by atoms with van der Waals surface area (Å²) in [6.45, 7) is 4.84. The molecule has 0 aliphatic heterocycles. The Labute approximate surface area is 127 Å². The van der Waals surface area contributed by atoms with Gasteiger partial charge in [0.1, 0.15) is 0 Å². The normalized spacial score (nSPS) is 59.7. The van der Waals surface area contributed by atoms with E-state index in [1.165, 1.54) is 19.3 Å². The van der Waals surface area contributed by atoms with Crippen molar-refractivity contribution in [2.24, 2.45) is 40.4 Å². The Hall–Kier alpha value is -0.820. The summed E-state index contributed by atoms with van der Waals surface area (Å²) in [5.74, 6) is 3.41. The summed E-state index contributed by atoms with van der Waals surface area (Å²) >= 11 is 0. The van der Waals surface area contributed by atoms with Crippen molar-refractivity contribution in [2.75, 3.05) is 0 Å². The Morgan fingerprint density at radius 3 is 2.90 bits per heavy atom. The van der Waals surface area contributed by atoms with Crippen molar-refractivity contribution in [3.8, 4) is 0 Å². The van der Waals surface area contributed by atoms with E-state index < -0.39 is 0 Å². The van der Waals surface area contributed by atoms with Crippen molar-refractivity contribution in [1.82, 2.24) is 0 Å². The zero-order chi connectivity index (χ0) is 14.4. The lowest BCUT2D eigenvalue weighted by Gasteiger charge is -2.54. The van der Waals surface area contributed by atoms with Gasteiger partial charge in [-0.25, -0.2) is 0 Å². The van der Waals surface area contributed by atoms with Gasteiger partial charge in [0, 0.05) is 5.41 Å². The molecule has 2 fully saturated rings. The molecule has 0 aromatic rings. The zero-order valence-electron chi connectivity index (χ0n) is 13.1. The van der Waals surface area contributed by atoms with Crippen LogP contribution in [0.25, 0.3) is 0 Å². The maximum Gasteiger partial charge on any atom is 0.0599 e. The summed E-state index contributed by atoms with van der Waals surface area (Å²) in [6, 6.07) is 0. The second kappa shape index (κ2) is 3.74. The molecule has 7 rings (SSSR count). The van der Waals surface area contributed by atoms with Gasteiger partial charge in [-0.15, -0.1) is 0 Å². The molecule has 0 saturated heterocycles. The molecule has 1 heteroatoms. The van der Waals surface area contributed by atoms with Crippen LogP contribution in [0.2, 0.25) is 0 Å². The molecule has 21 heavy (non-hydrogen) atoms. The summed E-state index contributed by atoms with van der Waals surface area (Å²) < 4.78 is 0. The van der Waals surface area contributed by atoms with Crippen molar-refractivity contribution in [1.29, 1.82) is 0 Å². The van der Waals surface area contributed by atoms with E-state index in [4.69, 9.17) is 0 Å². The fourth-order valence-corrected chi connectivity index (χ4v) is 6.83. The minimum absolute atomic E-state index is 0.0815. The molecule has 0 radical (unpaired) electrons. The van der Waals surface area contributed by atoms with Crippen molar-refractivity contribution in [3.05, 3.63) is 36.0 Å². The molecule has 0 amide bonds. The van der Waals surface area contributed by atoms with Crippen LogP contribution in [0.15, 0.2) is 36.0 Å². The quantitative estimate of drug-likeness (QED) is 0.663. The fourth-order valence-electron chi connectivity index (χ4n) is 6.83. The molecule has 112 valence electrons. The first kappa shape index (κ1) is 12.7. The minimum Gasteiger partial charge on any atom is -0.393 e. The first-order valence-electron chi connectivity index (χ1n) is 8.80. The molecule has 7 aliphatic rings. The third kappa shape index (κ3) is 1.37. The van der Waals surface area contributed by atoms with Crippen molar-refractivity contribution in [3.63, 3.8) is 0 Å². The maximum atomic E-state index is 10.8. The Morgan fingerprint density at radius 2 is 2.05 bits per heavy atom. The highest BCUT2D eigenvalue weighted by Crippen LogP contribution is 2.66. The number of hydrogen-bond donors (Lipinski definition) is 1. The topological polar surface area (TPSA) is 20.2 Å². The van der Waals surface area contributed by atoms with Crippen LogP contribution in [-0.4, -0.2) is 11.2 Å². The largest absolute Gasteiger partial charge is 0.393 e. The third-order valence-electron chi connectivity index (χ3n) is 7.98. The Kier molecular flexibility index (Phi) is 2.26. The van der Waals surface area contributed by atoms with Crippen molar-refractivity contribution in [2.45, 2.75) is 45.6 Å². The smallest absolute Gasteiger partial charge is 0.0599 e. The van der Waals surface area contributed by atoms with E-state index in [1.54, 1.807) is 5.57 Å². The fraction of sp³-hybridized carbons (Fsp3) is 0.700. The Morgan fingerprint density at radius 1 is 1.19 bits per heavy atom. The molecule has 2 saturated carbocycles. The minimum atomic E-state index is -0.0815. The number of aliphatic hydroxyl groups excluding tert-OH is 1. The lowest BCUT2D eigenvalue weighted by atomic mass is 9.50. The van der Waals surface area contributed by atoms with Gasteiger partial charge in [0.15, 0.2) is 0 Å². The molecule has 0 spiro atoms. The van der Waals surface area contributed by atoms with Gasteiger partial charge in [0.2, 0.25) is 0 Å². The van der Waals surface area contributed by atoms with E-state index in [0.717, 1.165) is 12.3 Å². The van der Waals surface area contributed by atoms with Gasteiger partial charge in [0.25, 0.3) is 0 Å². The number of rotatable bonds is 0. The van der Waals surface area contributed by atoms with Gasteiger partial charge >= 0.3 is 0 Å². The molecular weight excluding hydrogens is 256 g/mol. The highest BCUT2D eigenvalue weighted by atomic mass is 16.3. The second-order valence-corrected chi connectivity index (χ2v) is 8.79. The predicted octanol–water partition coefficient (Wildman–Crippen LogP) is 4.11. The maximum absolute atomic E-state index is 10.8. The van der Waals surface area contributed by atoms with E-state index in [0.29, 0.717) is 23.7 Å². The molecule has 1 nitrogen and oxygen atoms in total. The van der Waals surface area contributed by atoms with Crippen LogP contribution in [0, 0.1) is 40.4 Å². The van der Waals surface area contributed by atoms with Crippen LogP contribution < -0.4 is 0 Å². The molecule has 0 heterocycles. The molecular formula is C20H26O. The molecule has 1 N–H and O–H groups in total. The standard InChI is InChI=1S/C20H26O/c1-19-7-5-12-9-13-11-17(21)20(2)8-6-16(19)15(18(13)20)4-3-14(19)10-12/h3-5,7,10,12-13,15-18,21H,6,8-9,11H2,1-2H3/t12?,13?,15-,16+,17+,18+,19+,20-/m1/s1. The Bertz CT molecular complexity index is 585. The number of allylic oxidation sites excluding steroid dienone is 6. The molecule has 6 bridgehead atoms. The van der Waals surface area contributed by atoms with Gasteiger partial charge in [-0.2, -0.15) is 0 Å². The van der Waals surface area contributed by atoms with E-state index in [9.17, 15) is 5.11 Å². The van der Waals surface area contributed by atoms with E-state index in [1.807, 2.05) is 0 Å². The average molecular weight is 282 g/mol. The first-order valence-corrected chi connectivity index (χ1v) is 8.80. The van der Waals surface area contributed by atoms with E-state index in [2.05, 4.69) is 44.2 Å². The van der Waals surface area contributed by atoms with E-state index >= 15 is 0 Å². The average Bonchev–Trinajstić information content (AvgIpc) is 2.75. The SMILES string of the molecule is C[C@@]12CC[C@H]3[C@H]4C=CC5=CC(C=C[C@@]53C)CC(C[C@@H]1O)[C@@H]42. The van der Waals surface area contributed by atoms with Crippen LogP contribution in [0.3, 0.4) is 0 Å². The van der Waals surface area contributed by atoms with Crippen molar-refractivity contribution < 1.29 is 5.11 Å². The molecule has 7 aliphatic carbocycles. The summed E-state index contributed by atoms with van der Waals surface area (Å²) in [4.78, 5) is 0. The lowest BCUT2D eigenvalue weighted by Crippen LogP contribution is -2.49. The van der Waals surface area contributed by atoms with Gasteiger partial charge in [-0.3, -0.25) is 0 Å². The number of aliphatic hydroxyl groups is 1. The van der Waals surface area contributed by atoms with Crippen LogP contribution in [-0.2, 0) is 0 Å². The highest BCUT2D eigenvalue weighted by molar-refractivity contribution is 5.42. The first-order chi connectivity index (χ1) is 10.0. The summed E-state index contributed by atoms with van der Waals surface area (Å²) in [6.07, 6.45) is 17.2. The lowest BCUT2D eigenvalue weighted by molar-refractivity contribution is -0.0439. The molecule has 0 aromatic carbocycles. The van der Waals surface area contributed by atoms with Crippen LogP contribution >= 0.6 is 0 Å². The van der Waals surface area contributed by atoms with Crippen LogP contribution in [0.5, 0.6) is 0 Å².